The van der Waals surface area contributed by atoms with Crippen molar-refractivity contribution in [1.29, 1.82) is 0 Å². The molecule has 2 rings (SSSR count). The van der Waals surface area contributed by atoms with Gasteiger partial charge in [-0.1, -0.05) is 17.7 Å². The molecular weight excluding hydrogens is 407 g/mol. The first-order valence-electron chi connectivity index (χ1n) is 5.89. The maximum absolute atomic E-state index is 11.8. The van der Waals surface area contributed by atoms with Crippen molar-refractivity contribution >= 4 is 51.9 Å². The van der Waals surface area contributed by atoms with E-state index in [1.54, 1.807) is 30.3 Å². The molecule has 1 N–H and O–H groups in total. The third-order valence-electron chi connectivity index (χ3n) is 2.39. The lowest BCUT2D eigenvalue weighted by Crippen LogP contribution is -2.21. The number of halogens is 2. The van der Waals surface area contributed by atoms with E-state index < -0.39 is 11.9 Å². The summed E-state index contributed by atoms with van der Waals surface area (Å²) in [6.07, 6.45) is 1.41. The van der Waals surface area contributed by atoms with E-state index in [0.29, 0.717) is 16.4 Å². The molecule has 0 fully saturated rings. The second kappa shape index (κ2) is 7.37. The number of pyridine rings is 1. The average Bonchev–Trinajstić information content (AvgIpc) is 2.47. The first kappa shape index (κ1) is 15.7. The Kier molecular flexibility index (Phi) is 5.51. The van der Waals surface area contributed by atoms with Crippen LogP contribution < -0.4 is 5.32 Å². The van der Waals surface area contributed by atoms with E-state index in [4.69, 9.17) is 16.3 Å². The summed E-state index contributed by atoms with van der Waals surface area (Å²) in [7, 11) is 0. The summed E-state index contributed by atoms with van der Waals surface area (Å²) in [5.41, 5.74) is 0.402. The Bertz CT molecular complexity index is 662. The maximum atomic E-state index is 11.8. The molecule has 0 saturated carbocycles. The van der Waals surface area contributed by atoms with Crippen LogP contribution in [0.1, 0.15) is 10.4 Å². The minimum Gasteiger partial charge on any atom is -0.452 e. The highest BCUT2D eigenvalue weighted by Gasteiger charge is 2.10. The van der Waals surface area contributed by atoms with Crippen molar-refractivity contribution < 1.29 is 14.3 Å². The second-order valence-corrected chi connectivity index (χ2v) is 5.68. The second-order valence-electron chi connectivity index (χ2n) is 4.00. The maximum Gasteiger partial charge on any atom is 0.338 e. The number of esters is 1. The third-order valence-corrected chi connectivity index (χ3v) is 3.28. The van der Waals surface area contributed by atoms with Gasteiger partial charge in [-0.15, -0.1) is 0 Å². The van der Waals surface area contributed by atoms with Gasteiger partial charge in [0.25, 0.3) is 5.91 Å². The van der Waals surface area contributed by atoms with E-state index in [2.05, 4.69) is 32.9 Å². The lowest BCUT2D eigenvalue weighted by molar-refractivity contribution is -0.119. The Morgan fingerprint density at radius 2 is 2.10 bits per heavy atom. The summed E-state index contributed by atoms with van der Waals surface area (Å²) >= 11 is 7.78. The summed E-state index contributed by atoms with van der Waals surface area (Å²) in [5, 5.41) is 2.97. The lowest BCUT2D eigenvalue weighted by Gasteiger charge is -2.06. The number of rotatable bonds is 4. The Morgan fingerprint density at radius 1 is 1.29 bits per heavy atom. The Hall–Kier alpha value is -1.67. The predicted octanol–water partition coefficient (Wildman–Crippen LogP) is 3.14. The largest absolute Gasteiger partial charge is 0.452 e. The van der Waals surface area contributed by atoms with Crippen LogP contribution in [0.4, 0.5) is 5.82 Å². The Morgan fingerprint density at radius 3 is 2.76 bits per heavy atom. The molecule has 7 heteroatoms. The first-order valence-corrected chi connectivity index (χ1v) is 7.34. The SMILES string of the molecule is O=C(COC(=O)c1cccc(I)c1)Nc1ccc(Cl)cn1. The summed E-state index contributed by atoms with van der Waals surface area (Å²) < 4.78 is 5.85. The van der Waals surface area contributed by atoms with Crippen LogP contribution in [-0.4, -0.2) is 23.5 Å². The quantitative estimate of drug-likeness (QED) is 0.614. The van der Waals surface area contributed by atoms with E-state index >= 15 is 0 Å². The van der Waals surface area contributed by atoms with Crippen molar-refractivity contribution in [3.05, 3.63) is 56.8 Å². The fourth-order valence-corrected chi connectivity index (χ4v) is 2.11. The van der Waals surface area contributed by atoms with Crippen molar-refractivity contribution in [2.75, 3.05) is 11.9 Å². The zero-order valence-corrected chi connectivity index (χ0v) is 13.6. The standard InChI is InChI=1S/C14H10ClIN2O3/c15-10-4-5-12(17-7-10)18-13(19)8-21-14(20)9-2-1-3-11(16)6-9/h1-7H,8H2,(H,17,18,19). The molecule has 0 spiro atoms. The molecule has 2 aromatic rings. The van der Waals surface area contributed by atoms with Gasteiger partial charge >= 0.3 is 5.97 Å². The first-order chi connectivity index (χ1) is 10.0. The number of anilines is 1. The number of benzene rings is 1. The van der Waals surface area contributed by atoms with E-state index in [0.717, 1.165) is 3.57 Å². The van der Waals surface area contributed by atoms with Crippen molar-refractivity contribution in [3.63, 3.8) is 0 Å². The number of carbonyl (C=O) groups is 2. The van der Waals surface area contributed by atoms with Crippen LogP contribution in [0.25, 0.3) is 0 Å². The van der Waals surface area contributed by atoms with Gasteiger partial charge in [-0.05, 0) is 52.9 Å². The average molecular weight is 417 g/mol. The zero-order valence-electron chi connectivity index (χ0n) is 10.7. The van der Waals surface area contributed by atoms with Crippen molar-refractivity contribution in [1.82, 2.24) is 4.98 Å². The monoisotopic (exact) mass is 416 g/mol. The van der Waals surface area contributed by atoms with Gasteiger partial charge < -0.3 is 10.1 Å². The summed E-state index contributed by atoms with van der Waals surface area (Å²) in [5.74, 6) is -0.675. The summed E-state index contributed by atoms with van der Waals surface area (Å²) in [6.45, 7) is -0.380. The van der Waals surface area contributed by atoms with Crippen LogP contribution in [-0.2, 0) is 9.53 Å². The topological polar surface area (TPSA) is 68.3 Å². The lowest BCUT2D eigenvalue weighted by atomic mass is 10.2. The van der Waals surface area contributed by atoms with Crippen molar-refractivity contribution in [3.8, 4) is 0 Å². The molecule has 108 valence electrons. The van der Waals surface area contributed by atoms with Crippen LogP contribution in [0.15, 0.2) is 42.6 Å². The van der Waals surface area contributed by atoms with Gasteiger partial charge in [0.1, 0.15) is 5.82 Å². The number of hydrogen-bond acceptors (Lipinski definition) is 4. The highest BCUT2D eigenvalue weighted by molar-refractivity contribution is 14.1. The highest BCUT2D eigenvalue weighted by Crippen LogP contribution is 2.10. The van der Waals surface area contributed by atoms with Gasteiger partial charge in [-0.3, -0.25) is 4.79 Å². The van der Waals surface area contributed by atoms with Crippen LogP contribution in [0.3, 0.4) is 0 Å². The molecule has 1 aromatic carbocycles. The normalized spacial score (nSPS) is 10.0. The molecule has 0 aliphatic rings. The number of aromatic nitrogens is 1. The van der Waals surface area contributed by atoms with Gasteiger partial charge in [-0.25, -0.2) is 9.78 Å². The molecule has 0 saturated heterocycles. The molecule has 1 amide bonds. The molecule has 1 aromatic heterocycles. The van der Waals surface area contributed by atoms with Crippen LogP contribution in [0, 0.1) is 3.57 Å². The third kappa shape index (κ3) is 4.98. The number of hydrogen-bond donors (Lipinski definition) is 1. The predicted molar refractivity (Wildman–Crippen MR) is 87.3 cm³/mol. The van der Waals surface area contributed by atoms with Gasteiger partial charge in [-0.2, -0.15) is 0 Å². The molecule has 0 bridgehead atoms. The number of nitrogens with one attached hydrogen (secondary N) is 1. The fourth-order valence-electron chi connectivity index (χ4n) is 1.46. The molecule has 0 atom stereocenters. The number of amides is 1. The molecule has 0 unspecified atom stereocenters. The zero-order chi connectivity index (χ0) is 15.2. The molecule has 1 heterocycles. The van der Waals surface area contributed by atoms with Gasteiger partial charge in [0.05, 0.1) is 10.6 Å². The van der Waals surface area contributed by atoms with Gasteiger partial charge in [0.2, 0.25) is 0 Å². The van der Waals surface area contributed by atoms with Gasteiger partial charge in [0.15, 0.2) is 6.61 Å². The molecular formula is C14H10ClIN2O3. The van der Waals surface area contributed by atoms with Crippen molar-refractivity contribution in [2.24, 2.45) is 0 Å². The van der Waals surface area contributed by atoms with E-state index in [1.807, 2.05) is 6.07 Å². The van der Waals surface area contributed by atoms with Crippen molar-refractivity contribution in [2.45, 2.75) is 0 Å². The van der Waals surface area contributed by atoms with E-state index in [9.17, 15) is 9.59 Å². The Balaban J connectivity index is 1.86. The van der Waals surface area contributed by atoms with Crippen LogP contribution in [0.5, 0.6) is 0 Å². The molecule has 5 nitrogen and oxygen atoms in total. The molecule has 0 aliphatic heterocycles. The summed E-state index contributed by atoms with van der Waals surface area (Å²) in [4.78, 5) is 27.3. The van der Waals surface area contributed by atoms with Crippen LogP contribution >= 0.6 is 34.2 Å². The molecule has 0 aliphatic carbocycles. The number of carbonyl (C=O) groups excluding carboxylic acids is 2. The Labute approximate surface area is 139 Å². The summed E-state index contributed by atoms with van der Waals surface area (Å²) in [6, 6.07) is 10.1. The minimum absolute atomic E-state index is 0.342. The van der Waals surface area contributed by atoms with Gasteiger partial charge in [0, 0.05) is 9.77 Å². The van der Waals surface area contributed by atoms with E-state index in [-0.39, 0.29) is 6.61 Å². The minimum atomic E-state index is -0.548. The van der Waals surface area contributed by atoms with Crippen LogP contribution in [0.2, 0.25) is 5.02 Å². The fraction of sp³-hybridized carbons (Fsp3) is 0.0714. The smallest absolute Gasteiger partial charge is 0.338 e. The highest BCUT2D eigenvalue weighted by atomic mass is 127. The molecule has 21 heavy (non-hydrogen) atoms. The van der Waals surface area contributed by atoms with E-state index in [1.165, 1.54) is 6.20 Å². The number of nitrogens with zero attached hydrogens (tertiary/aromatic N) is 1. The number of ether oxygens (including phenoxy) is 1. The molecule has 0 radical (unpaired) electrons.